The Morgan fingerprint density at radius 2 is 1.27 bits per heavy atom. The summed E-state index contributed by atoms with van der Waals surface area (Å²) in [6, 6.07) is 38.1. The number of pyridine rings is 1. The summed E-state index contributed by atoms with van der Waals surface area (Å²) in [5, 5.41) is 7.29. The molecule has 5 aromatic carbocycles. The second-order valence-corrected chi connectivity index (χ2v) is 12.5. The average molecular weight is 623 g/mol. The summed E-state index contributed by atoms with van der Waals surface area (Å²) in [4.78, 5) is 4.93. The van der Waals surface area contributed by atoms with E-state index in [1.54, 1.807) is 0 Å². The predicted molar refractivity (Wildman–Crippen MR) is 192 cm³/mol. The number of aryl methyl sites for hydroxylation is 3. The number of ether oxygens (including phenoxy) is 1. The lowest BCUT2D eigenvalue weighted by Gasteiger charge is -2.11. The number of fused-ring (bicyclic) bond motifs is 12. The van der Waals surface area contributed by atoms with Gasteiger partial charge in [-0.05, 0) is 48.5 Å². The molecule has 10 aromatic rings. The molecule has 0 radical (unpaired) electrons. The van der Waals surface area contributed by atoms with Gasteiger partial charge >= 0.3 is 0 Å². The molecule has 0 amide bonds. The van der Waals surface area contributed by atoms with Crippen LogP contribution in [0.2, 0.25) is 0 Å². The molecule has 0 aliphatic carbocycles. The Bertz CT molecular complexity index is 2900. The van der Waals surface area contributed by atoms with Crippen molar-refractivity contribution in [3.8, 4) is 23.0 Å². The van der Waals surface area contributed by atoms with Crippen LogP contribution in [0.25, 0.3) is 76.9 Å². The van der Waals surface area contributed by atoms with Crippen LogP contribution in [0.1, 0.15) is 0 Å². The molecule has 0 bridgehead atoms. The van der Waals surface area contributed by atoms with Crippen molar-refractivity contribution in [2.45, 2.75) is 0 Å². The monoisotopic (exact) mass is 622 g/mol. The van der Waals surface area contributed by atoms with Gasteiger partial charge in [0.2, 0.25) is 6.33 Å². The minimum Gasteiger partial charge on any atom is -0.458 e. The van der Waals surface area contributed by atoms with Gasteiger partial charge in [-0.3, -0.25) is 4.57 Å². The van der Waals surface area contributed by atoms with Gasteiger partial charge in [0.1, 0.15) is 17.3 Å². The number of para-hydroxylation sites is 2. The van der Waals surface area contributed by atoms with Gasteiger partial charge in [0.25, 0.3) is 0 Å². The smallest absolute Gasteiger partial charge is 0.243 e. The van der Waals surface area contributed by atoms with Crippen molar-refractivity contribution in [1.29, 1.82) is 0 Å². The highest BCUT2D eigenvalue weighted by Crippen LogP contribution is 2.48. The molecule has 7 nitrogen and oxygen atoms in total. The van der Waals surface area contributed by atoms with Crippen molar-refractivity contribution in [2.24, 2.45) is 21.1 Å². The van der Waals surface area contributed by atoms with Crippen molar-refractivity contribution in [2.75, 3.05) is 0 Å². The van der Waals surface area contributed by atoms with E-state index in [1.807, 2.05) is 59.0 Å². The molecule has 0 N–H and O–H groups in total. The summed E-state index contributed by atoms with van der Waals surface area (Å²) >= 11 is 0. The zero-order valence-electron chi connectivity index (χ0n) is 26.7. The van der Waals surface area contributed by atoms with Gasteiger partial charge in [0.15, 0.2) is 0 Å². The summed E-state index contributed by atoms with van der Waals surface area (Å²) < 4.78 is 17.5. The number of nitrogens with zero attached hydrogens (tertiary/aromatic N) is 6. The lowest BCUT2D eigenvalue weighted by Crippen LogP contribution is -2.27. The van der Waals surface area contributed by atoms with E-state index in [2.05, 4.69) is 119 Å². The first-order valence-corrected chi connectivity index (χ1v) is 16.1. The van der Waals surface area contributed by atoms with Crippen LogP contribution in [0.5, 0.6) is 11.5 Å². The van der Waals surface area contributed by atoms with Crippen LogP contribution >= 0.6 is 0 Å². The molecular weight excluding hydrogens is 592 g/mol. The number of aromatic nitrogens is 6. The third-order valence-corrected chi connectivity index (χ3v) is 9.78. The van der Waals surface area contributed by atoms with E-state index in [1.165, 1.54) is 49.0 Å². The van der Waals surface area contributed by atoms with Crippen LogP contribution in [-0.2, 0) is 21.1 Å². The first-order chi connectivity index (χ1) is 23.6. The number of hydrogen-bond acceptors (Lipinski definition) is 2. The van der Waals surface area contributed by atoms with Crippen LogP contribution in [0, 0.1) is 6.33 Å². The summed E-state index contributed by atoms with van der Waals surface area (Å²) in [7, 11) is 6.34. The molecule has 7 heteroatoms. The van der Waals surface area contributed by atoms with E-state index in [9.17, 15) is 0 Å². The van der Waals surface area contributed by atoms with E-state index in [0.29, 0.717) is 0 Å². The van der Waals surface area contributed by atoms with E-state index in [4.69, 9.17) is 9.72 Å². The van der Waals surface area contributed by atoms with Crippen LogP contribution < -0.4 is 9.30 Å². The highest BCUT2D eigenvalue weighted by atomic mass is 16.5. The lowest BCUT2D eigenvalue weighted by molar-refractivity contribution is -0.599. The average Bonchev–Trinajstić information content (AvgIpc) is 3.86. The molecular formula is C41H30N6O. The number of benzene rings is 5. The zero-order chi connectivity index (χ0) is 32.1. The summed E-state index contributed by atoms with van der Waals surface area (Å²) in [6.45, 7) is 0. The maximum absolute atomic E-state index is 6.59. The molecule has 48 heavy (non-hydrogen) atoms. The highest BCUT2D eigenvalue weighted by molar-refractivity contribution is 6.40. The Kier molecular flexibility index (Phi) is 5.50. The maximum Gasteiger partial charge on any atom is 0.243 e. The second kappa shape index (κ2) is 9.83. The van der Waals surface area contributed by atoms with E-state index in [0.717, 1.165) is 39.4 Å². The molecule has 5 aromatic heterocycles. The molecule has 0 aliphatic heterocycles. The number of rotatable bonds is 4. The Labute approximate surface area is 275 Å². The quantitative estimate of drug-likeness (QED) is 0.146. The summed E-state index contributed by atoms with van der Waals surface area (Å²) in [6.07, 6.45) is 9.09. The van der Waals surface area contributed by atoms with Crippen LogP contribution in [-0.4, -0.2) is 23.3 Å². The molecule has 230 valence electrons. The maximum atomic E-state index is 6.59. The first-order valence-electron chi connectivity index (χ1n) is 16.1. The minimum absolute atomic E-state index is 0.755. The standard InChI is InChI=1S/C41H30N6O/c1-43-21-22-46(25-43)26-11-10-12-27(23-26)48-28-18-19-31-34(24-28)47(35-17-8-9-20-42-35)39-36(31)37-29-13-4-6-15-32(29)44(2)40(37)41-38(39)30-14-5-7-16-33(30)45(41)3/h4-24H,1-3H3. The van der Waals surface area contributed by atoms with Gasteiger partial charge in [0.05, 0.1) is 34.8 Å². The topological polar surface area (TPSA) is 45.7 Å². The van der Waals surface area contributed by atoms with Gasteiger partial charge < -0.3 is 23.0 Å². The Balaban J connectivity index is 1.34. The van der Waals surface area contributed by atoms with Crippen LogP contribution in [0.4, 0.5) is 0 Å². The van der Waals surface area contributed by atoms with Gasteiger partial charge in [-0.15, -0.1) is 0 Å². The molecule has 5 heterocycles. The number of hydrogen-bond donors (Lipinski definition) is 0. The van der Waals surface area contributed by atoms with E-state index >= 15 is 0 Å². The zero-order valence-corrected chi connectivity index (χ0v) is 26.7. The van der Waals surface area contributed by atoms with Crippen molar-refractivity contribution >= 4 is 65.4 Å². The van der Waals surface area contributed by atoms with Crippen molar-refractivity contribution in [3.63, 3.8) is 0 Å². The molecule has 0 atom stereocenters. The van der Waals surface area contributed by atoms with Gasteiger partial charge in [-0.25, -0.2) is 4.98 Å². The molecule has 0 aliphatic rings. The first kappa shape index (κ1) is 26.8. The summed E-state index contributed by atoms with van der Waals surface area (Å²) in [5.74, 6) is 2.37. The molecule has 10 rings (SSSR count). The van der Waals surface area contributed by atoms with Gasteiger partial charge in [-0.2, -0.15) is 0 Å². The third kappa shape index (κ3) is 3.64. The third-order valence-electron chi connectivity index (χ3n) is 9.78. The van der Waals surface area contributed by atoms with Crippen molar-refractivity contribution in [1.82, 2.24) is 23.3 Å². The fourth-order valence-corrected chi connectivity index (χ4v) is 7.76. The predicted octanol–water partition coefficient (Wildman–Crippen LogP) is 8.68. The van der Waals surface area contributed by atoms with Crippen LogP contribution in [0.15, 0.2) is 128 Å². The second-order valence-electron chi connectivity index (χ2n) is 12.5. The van der Waals surface area contributed by atoms with Crippen LogP contribution in [0.3, 0.4) is 0 Å². The SMILES string of the molecule is Cn1[c-][n+](-c2cccc(Oc3ccc4c5c6c7ccccc7n(C)c6c6c(c7ccccc7n6C)c5n(-c5ccccn5)c4c3)c2)cc1. The van der Waals surface area contributed by atoms with Crippen molar-refractivity contribution in [3.05, 3.63) is 134 Å². The van der Waals surface area contributed by atoms with Gasteiger partial charge in [0, 0.05) is 82.1 Å². The normalized spacial score (nSPS) is 12.1. The lowest BCUT2D eigenvalue weighted by atomic mass is 10.0. The molecule has 0 spiro atoms. The molecule has 0 unspecified atom stereocenters. The van der Waals surface area contributed by atoms with E-state index in [-0.39, 0.29) is 0 Å². The Hall–Kier alpha value is -6.34. The van der Waals surface area contributed by atoms with Gasteiger partial charge in [-0.1, -0.05) is 54.6 Å². The fraction of sp³-hybridized carbons (Fsp3) is 0.0732. The Morgan fingerprint density at radius 3 is 2.00 bits per heavy atom. The molecule has 0 saturated carbocycles. The Morgan fingerprint density at radius 1 is 0.604 bits per heavy atom. The fourth-order valence-electron chi connectivity index (χ4n) is 7.76. The molecule has 0 saturated heterocycles. The minimum atomic E-state index is 0.755. The summed E-state index contributed by atoms with van der Waals surface area (Å²) in [5.41, 5.74) is 8.01. The number of imidazole rings is 1. The van der Waals surface area contributed by atoms with E-state index < -0.39 is 0 Å². The highest BCUT2D eigenvalue weighted by Gasteiger charge is 2.26. The molecule has 0 fully saturated rings. The van der Waals surface area contributed by atoms with Crippen molar-refractivity contribution < 1.29 is 9.30 Å². The largest absolute Gasteiger partial charge is 0.458 e.